The topological polar surface area (TPSA) is 46.2 Å². The quantitative estimate of drug-likeness (QED) is 0.601. The van der Waals surface area contributed by atoms with Crippen LogP contribution in [0.25, 0.3) is 5.57 Å². The van der Waals surface area contributed by atoms with E-state index >= 15 is 0 Å². The number of Topliss-reactive ketones (excluding diaryl/α,β-unsaturated/α-hetero) is 1. The standard InChI is InChI=1S/C16H19NO2/c1-2-3-4-5-9-13-12-8-6-7-10-14(12)16(19)15(13)17-11-18/h6-8,10-11H,2-5,9H2,1H3,(H,17,18,19). The number of carbonyl (C=O) groups excluding carboxylic acids is 2. The van der Waals surface area contributed by atoms with E-state index in [2.05, 4.69) is 12.2 Å². The lowest BCUT2D eigenvalue weighted by Gasteiger charge is -2.06. The Bertz CT molecular complexity index is 517. The number of unbranched alkanes of at least 4 members (excludes halogenated alkanes) is 3. The van der Waals surface area contributed by atoms with Gasteiger partial charge in [0.25, 0.3) is 0 Å². The molecule has 0 spiro atoms. The Kier molecular flexibility index (Phi) is 4.50. The van der Waals surface area contributed by atoms with E-state index in [1.165, 1.54) is 12.8 Å². The summed E-state index contributed by atoms with van der Waals surface area (Å²) in [6, 6.07) is 7.57. The van der Waals surface area contributed by atoms with Gasteiger partial charge in [-0.1, -0.05) is 50.5 Å². The number of ketones is 1. The lowest BCUT2D eigenvalue weighted by atomic mass is 10.00. The molecule has 0 atom stereocenters. The third kappa shape index (κ3) is 2.75. The maximum atomic E-state index is 12.2. The van der Waals surface area contributed by atoms with E-state index in [1.54, 1.807) is 0 Å². The largest absolute Gasteiger partial charge is 0.325 e. The van der Waals surface area contributed by atoms with Crippen molar-refractivity contribution in [3.05, 3.63) is 41.1 Å². The van der Waals surface area contributed by atoms with Crippen molar-refractivity contribution in [2.75, 3.05) is 0 Å². The van der Waals surface area contributed by atoms with Crippen LogP contribution in [0.4, 0.5) is 0 Å². The second-order valence-corrected chi connectivity index (χ2v) is 4.80. The smallest absolute Gasteiger partial charge is 0.211 e. The van der Waals surface area contributed by atoms with E-state index in [0.29, 0.717) is 17.7 Å². The molecule has 1 N–H and O–H groups in total. The van der Waals surface area contributed by atoms with E-state index in [1.807, 2.05) is 24.3 Å². The molecule has 3 heteroatoms. The Morgan fingerprint density at radius 1 is 1.11 bits per heavy atom. The molecule has 1 amide bonds. The van der Waals surface area contributed by atoms with Gasteiger partial charge in [0.05, 0.1) is 5.70 Å². The van der Waals surface area contributed by atoms with Gasteiger partial charge in [0.1, 0.15) is 0 Å². The van der Waals surface area contributed by atoms with Crippen LogP contribution in [-0.2, 0) is 4.79 Å². The van der Waals surface area contributed by atoms with Gasteiger partial charge in [0, 0.05) is 5.56 Å². The van der Waals surface area contributed by atoms with Crippen LogP contribution in [0.5, 0.6) is 0 Å². The van der Waals surface area contributed by atoms with Gasteiger partial charge in [-0.3, -0.25) is 9.59 Å². The number of hydrogen-bond donors (Lipinski definition) is 1. The van der Waals surface area contributed by atoms with Crippen LogP contribution >= 0.6 is 0 Å². The zero-order valence-electron chi connectivity index (χ0n) is 11.2. The number of nitrogens with one attached hydrogen (secondary N) is 1. The molecule has 1 aromatic carbocycles. The van der Waals surface area contributed by atoms with Gasteiger partial charge in [-0.25, -0.2) is 0 Å². The van der Waals surface area contributed by atoms with Crippen molar-refractivity contribution in [2.24, 2.45) is 0 Å². The molecule has 0 heterocycles. The number of amides is 1. The van der Waals surface area contributed by atoms with Crippen molar-refractivity contribution >= 4 is 17.8 Å². The molecule has 0 radical (unpaired) electrons. The Balaban J connectivity index is 2.22. The SMILES string of the molecule is CCCCCCC1=C(NC=O)C(=O)c2ccccc21. The molecule has 0 fully saturated rings. The van der Waals surface area contributed by atoms with Crippen LogP contribution in [0.15, 0.2) is 30.0 Å². The average molecular weight is 257 g/mol. The zero-order valence-corrected chi connectivity index (χ0v) is 11.2. The van der Waals surface area contributed by atoms with Crippen molar-refractivity contribution in [3.63, 3.8) is 0 Å². The summed E-state index contributed by atoms with van der Waals surface area (Å²) in [7, 11) is 0. The van der Waals surface area contributed by atoms with Gasteiger partial charge in [-0.15, -0.1) is 0 Å². The maximum Gasteiger partial charge on any atom is 0.211 e. The maximum absolute atomic E-state index is 12.2. The highest BCUT2D eigenvalue weighted by Crippen LogP contribution is 2.34. The summed E-state index contributed by atoms with van der Waals surface area (Å²) >= 11 is 0. The molecule has 0 saturated carbocycles. The normalized spacial score (nSPS) is 13.6. The van der Waals surface area contributed by atoms with Gasteiger partial charge in [0.15, 0.2) is 0 Å². The van der Waals surface area contributed by atoms with Crippen LogP contribution in [-0.4, -0.2) is 12.2 Å². The fourth-order valence-corrected chi connectivity index (χ4v) is 2.55. The summed E-state index contributed by atoms with van der Waals surface area (Å²) in [5, 5.41) is 2.58. The first-order chi connectivity index (χ1) is 9.29. The molecule has 1 aromatic rings. The minimum Gasteiger partial charge on any atom is -0.325 e. The third-order valence-corrected chi connectivity index (χ3v) is 3.51. The van der Waals surface area contributed by atoms with Gasteiger partial charge < -0.3 is 5.32 Å². The summed E-state index contributed by atoms with van der Waals surface area (Å²) < 4.78 is 0. The molecule has 1 aliphatic rings. The number of benzene rings is 1. The molecule has 0 saturated heterocycles. The van der Waals surface area contributed by atoms with Crippen LogP contribution in [0, 0.1) is 0 Å². The van der Waals surface area contributed by atoms with Crippen molar-refractivity contribution in [1.29, 1.82) is 0 Å². The Labute approximate surface area is 113 Å². The predicted octanol–water partition coefficient (Wildman–Crippen LogP) is 3.31. The van der Waals surface area contributed by atoms with E-state index in [0.717, 1.165) is 30.4 Å². The number of fused-ring (bicyclic) bond motifs is 1. The Morgan fingerprint density at radius 3 is 2.53 bits per heavy atom. The van der Waals surface area contributed by atoms with Crippen LogP contribution in [0.3, 0.4) is 0 Å². The molecular formula is C16H19NO2. The van der Waals surface area contributed by atoms with E-state index in [9.17, 15) is 9.59 Å². The molecule has 0 aliphatic heterocycles. The van der Waals surface area contributed by atoms with Crippen LogP contribution in [0.1, 0.15) is 54.9 Å². The first kappa shape index (κ1) is 13.5. The van der Waals surface area contributed by atoms with Crippen molar-refractivity contribution < 1.29 is 9.59 Å². The highest BCUT2D eigenvalue weighted by atomic mass is 16.1. The van der Waals surface area contributed by atoms with Gasteiger partial charge in [0.2, 0.25) is 12.2 Å². The lowest BCUT2D eigenvalue weighted by Crippen LogP contribution is -2.16. The van der Waals surface area contributed by atoms with E-state index in [-0.39, 0.29) is 5.78 Å². The summed E-state index contributed by atoms with van der Waals surface area (Å²) in [6.07, 6.45) is 6.04. The number of carbonyl (C=O) groups is 2. The fourth-order valence-electron chi connectivity index (χ4n) is 2.55. The first-order valence-corrected chi connectivity index (χ1v) is 6.87. The van der Waals surface area contributed by atoms with Crippen molar-refractivity contribution in [2.45, 2.75) is 39.0 Å². The van der Waals surface area contributed by atoms with E-state index < -0.39 is 0 Å². The predicted molar refractivity (Wildman–Crippen MR) is 75.7 cm³/mol. The number of allylic oxidation sites excluding steroid dienone is 2. The van der Waals surface area contributed by atoms with Crippen molar-refractivity contribution in [3.8, 4) is 0 Å². The highest BCUT2D eigenvalue weighted by Gasteiger charge is 2.28. The van der Waals surface area contributed by atoms with Gasteiger partial charge >= 0.3 is 0 Å². The second kappa shape index (κ2) is 6.32. The third-order valence-electron chi connectivity index (χ3n) is 3.51. The average Bonchev–Trinajstić information content (AvgIpc) is 2.70. The Morgan fingerprint density at radius 2 is 1.84 bits per heavy atom. The minimum absolute atomic E-state index is 0.0619. The summed E-state index contributed by atoms with van der Waals surface area (Å²) in [5.41, 5.74) is 3.14. The zero-order chi connectivity index (χ0) is 13.7. The number of rotatable bonds is 7. The second-order valence-electron chi connectivity index (χ2n) is 4.80. The summed E-state index contributed by atoms with van der Waals surface area (Å²) in [4.78, 5) is 22.9. The number of hydrogen-bond acceptors (Lipinski definition) is 2. The van der Waals surface area contributed by atoms with E-state index in [4.69, 9.17) is 0 Å². The molecule has 2 rings (SSSR count). The summed E-state index contributed by atoms with van der Waals surface area (Å²) in [6.45, 7) is 2.17. The van der Waals surface area contributed by atoms with Gasteiger partial charge in [-0.05, 0) is 24.0 Å². The van der Waals surface area contributed by atoms with Gasteiger partial charge in [-0.2, -0.15) is 0 Å². The molecule has 3 nitrogen and oxygen atoms in total. The van der Waals surface area contributed by atoms with Crippen LogP contribution < -0.4 is 5.32 Å². The fraction of sp³-hybridized carbons (Fsp3) is 0.375. The minimum atomic E-state index is -0.0619. The molecule has 1 aliphatic carbocycles. The van der Waals surface area contributed by atoms with Crippen LogP contribution in [0.2, 0.25) is 0 Å². The van der Waals surface area contributed by atoms with Crippen molar-refractivity contribution in [1.82, 2.24) is 5.32 Å². The molecular weight excluding hydrogens is 238 g/mol. The summed E-state index contributed by atoms with van der Waals surface area (Å²) in [5.74, 6) is -0.0619. The molecule has 0 bridgehead atoms. The highest BCUT2D eigenvalue weighted by molar-refractivity contribution is 6.21. The molecule has 19 heavy (non-hydrogen) atoms. The lowest BCUT2D eigenvalue weighted by molar-refractivity contribution is -0.108. The monoisotopic (exact) mass is 257 g/mol. The molecule has 0 aromatic heterocycles. The first-order valence-electron chi connectivity index (χ1n) is 6.87. The Hall–Kier alpha value is -1.90. The molecule has 0 unspecified atom stereocenters. The molecule has 100 valence electrons.